The molecule has 1 aromatic rings. The van der Waals surface area contributed by atoms with Gasteiger partial charge in [-0.3, -0.25) is 0 Å². The minimum Gasteiger partial charge on any atom is -0.384 e. The Labute approximate surface area is 67.2 Å². The van der Waals surface area contributed by atoms with Gasteiger partial charge in [-0.05, 0) is 20.3 Å². The first-order valence-corrected chi connectivity index (χ1v) is 3.96. The van der Waals surface area contributed by atoms with Gasteiger partial charge in [-0.2, -0.15) is 5.10 Å². The first kappa shape index (κ1) is 8.11. The lowest BCUT2D eigenvalue weighted by atomic mass is 10.3. The van der Waals surface area contributed by atoms with Crippen LogP contribution in [0.1, 0.15) is 24.6 Å². The zero-order valence-corrected chi connectivity index (χ0v) is 7.39. The lowest BCUT2D eigenvalue weighted by Gasteiger charge is -1.99. The molecule has 0 amide bonds. The number of hydrogen-bond acceptors (Lipinski definition) is 2. The van der Waals surface area contributed by atoms with Crippen LogP contribution < -0.4 is 5.73 Å². The molecule has 0 bridgehead atoms. The van der Waals surface area contributed by atoms with Crippen LogP contribution in [0.5, 0.6) is 0 Å². The highest BCUT2D eigenvalue weighted by Gasteiger charge is 2.05. The molecule has 0 aliphatic heterocycles. The Balaban J connectivity index is 2.98. The van der Waals surface area contributed by atoms with Crippen LogP contribution in [0.3, 0.4) is 0 Å². The highest BCUT2D eigenvalue weighted by Crippen LogP contribution is 2.14. The second kappa shape index (κ2) is 2.95. The molecule has 0 saturated heterocycles. The highest BCUT2D eigenvalue weighted by atomic mass is 15.3. The summed E-state index contributed by atoms with van der Waals surface area (Å²) in [5.41, 5.74) is 7.94. The minimum absolute atomic E-state index is 0.810. The zero-order valence-electron chi connectivity index (χ0n) is 7.39. The van der Waals surface area contributed by atoms with Crippen molar-refractivity contribution in [3.05, 3.63) is 11.3 Å². The van der Waals surface area contributed by atoms with Crippen molar-refractivity contribution in [2.24, 2.45) is 0 Å². The Morgan fingerprint density at radius 3 is 2.45 bits per heavy atom. The first-order valence-electron chi connectivity index (χ1n) is 3.96. The van der Waals surface area contributed by atoms with Gasteiger partial charge in [-0.25, -0.2) is 4.68 Å². The number of nitrogens with zero attached hydrogens (tertiary/aromatic N) is 2. The maximum atomic E-state index is 5.79. The second-order valence-electron chi connectivity index (χ2n) is 2.82. The Morgan fingerprint density at radius 1 is 1.45 bits per heavy atom. The highest BCUT2D eigenvalue weighted by molar-refractivity contribution is 5.41. The van der Waals surface area contributed by atoms with Crippen LogP contribution >= 0.6 is 0 Å². The topological polar surface area (TPSA) is 43.8 Å². The third kappa shape index (κ3) is 1.37. The van der Waals surface area contributed by atoms with Gasteiger partial charge >= 0.3 is 0 Å². The molecule has 1 heterocycles. The van der Waals surface area contributed by atoms with Crippen molar-refractivity contribution in [2.75, 3.05) is 5.73 Å². The Hall–Kier alpha value is -0.990. The van der Waals surface area contributed by atoms with Gasteiger partial charge in [0.25, 0.3) is 0 Å². The van der Waals surface area contributed by atoms with E-state index in [0.717, 1.165) is 30.0 Å². The Kier molecular flexibility index (Phi) is 2.17. The van der Waals surface area contributed by atoms with Crippen LogP contribution in [0.15, 0.2) is 0 Å². The molecule has 0 aliphatic rings. The number of aromatic nitrogens is 2. The molecule has 11 heavy (non-hydrogen) atoms. The molecule has 0 unspecified atom stereocenters. The van der Waals surface area contributed by atoms with E-state index in [0.29, 0.717) is 0 Å². The third-order valence-corrected chi connectivity index (χ3v) is 1.91. The molecular weight excluding hydrogens is 138 g/mol. The maximum absolute atomic E-state index is 5.79. The number of aryl methyl sites for hydroxylation is 2. The fourth-order valence-electron chi connectivity index (χ4n) is 1.07. The van der Waals surface area contributed by atoms with E-state index >= 15 is 0 Å². The molecule has 1 aromatic heterocycles. The molecule has 0 aliphatic carbocycles. The summed E-state index contributed by atoms with van der Waals surface area (Å²) >= 11 is 0. The molecule has 3 nitrogen and oxygen atoms in total. The quantitative estimate of drug-likeness (QED) is 0.699. The summed E-state index contributed by atoms with van der Waals surface area (Å²) in [6, 6.07) is 0. The molecule has 0 saturated carbocycles. The third-order valence-electron chi connectivity index (χ3n) is 1.91. The van der Waals surface area contributed by atoms with Crippen molar-refractivity contribution in [1.82, 2.24) is 9.78 Å². The number of nitrogens with two attached hydrogens (primary N) is 1. The first-order chi connectivity index (χ1) is 5.16. The monoisotopic (exact) mass is 153 g/mol. The van der Waals surface area contributed by atoms with Crippen LogP contribution in [0, 0.1) is 13.8 Å². The van der Waals surface area contributed by atoms with E-state index in [9.17, 15) is 0 Å². The lowest BCUT2D eigenvalue weighted by Crippen LogP contribution is -2.04. The molecule has 0 radical (unpaired) electrons. The van der Waals surface area contributed by atoms with Gasteiger partial charge in [0.05, 0.1) is 5.69 Å². The normalized spacial score (nSPS) is 10.5. The van der Waals surface area contributed by atoms with Crippen LogP contribution in [-0.4, -0.2) is 9.78 Å². The molecule has 0 atom stereocenters. The molecule has 0 aromatic carbocycles. The smallest absolute Gasteiger partial charge is 0.124 e. The van der Waals surface area contributed by atoms with Crippen molar-refractivity contribution >= 4 is 5.82 Å². The van der Waals surface area contributed by atoms with Gasteiger partial charge in [0.2, 0.25) is 0 Å². The summed E-state index contributed by atoms with van der Waals surface area (Å²) in [5.74, 6) is 0.810. The van der Waals surface area contributed by atoms with Crippen molar-refractivity contribution in [2.45, 2.75) is 33.7 Å². The van der Waals surface area contributed by atoms with E-state index in [2.05, 4.69) is 12.0 Å². The SMILES string of the molecule is CCCn1nc(C)c(C)c1N. The minimum atomic E-state index is 0.810. The second-order valence-corrected chi connectivity index (χ2v) is 2.82. The van der Waals surface area contributed by atoms with E-state index in [1.807, 2.05) is 18.5 Å². The molecular formula is C8H15N3. The van der Waals surface area contributed by atoms with Gasteiger partial charge in [-0.1, -0.05) is 6.92 Å². The summed E-state index contributed by atoms with van der Waals surface area (Å²) in [4.78, 5) is 0. The van der Waals surface area contributed by atoms with Crippen LogP contribution in [-0.2, 0) is 6.54 Å². The van der Waals surface area contributed by atoms with E-state index in [1.54, 1.807) is 0 Å². The number of hydrogen-bond donors (Lipinski definition) is 1. The standard InChI is InChI=1S/C8H15N3/c1-4-5-11-8(9)6(2)7(3)10-11/h4-5,9H2,1-3H3. The number of nitrogen functional groups attached to an aromatic ring is 1. The molecule has 1 rings (SSSR count). The van der Waals surface area contributed by atoms with Gasteiger partial charge in [-0.15, -0.1) is 0 Å². The summed E-state index contributed by atoms with van der Waals surface area (Å²) in [6.45, 7) is 7.02. The van der Waals surface area contributed by atoms with Crippen molar-refractivity contribution in [3.63, 3.8) is 0 Å². The van der Waals surface area contributed by atoms with E-state index in [1.165, 1.54) is 0 Å². The van der Waals surface area contributed by atoms with Crippen LogP contribution in [0.4, 0.5) is 5.82 Å². The van der Waals surface area contributed by atoms with E-state index < -0.39 is 0 Å². The van der Waals surface area contributed by atoms with Crippen molar-refractivity contribution in [1.29, 1.82) is 0 Å². The summed E-state index contributed by atoms with van der Waals surface area (Å²) < 4.78 is 1.87. The lowest BCUT2D eigenvalue weighted by molar-refractivity contribution is 0.606. The van der Waals surface area contributed by atoms with Crippen molar-refractivity contribution < 1.29 is 0 Å². The van der Waals surface area contributed by atoms with Gasteiger partial charge in [0.1, 0.15) is 5.82 Å². The number of rotatable bonds is 2. The molecule has 0 fully saturated rings. The van der Waals surface area contributed by atoms with E-state index in [4.69, 9.17) is 5.73 Å². The molecule has 3 heteroatoms. The predicted octanol–water partition coefficient (Wildman–Crippen LogP) is 1.49. The molecule has 0 spiro atoms. The maximum Gasteiger partial charge on any atom is 0.124 e. The van der Waals surface area contributed by atoms with Crippen LogP contribution in [0.2, 0.25) is 0 Å². The Bertz CT molecular complexity index is 250. The van der Waals surface area contributed by atoms with Crippen molar-refractivity contribution in [3.8, 4) is 0 Å². The molecule has 62 valence electrons. The zero-order chi connectivity index (χ0) is 8.43. The van der Waals surface area contributed by atoms with E-state index in [-0.39, 0.29) is 0 Å². The largest absolute Gasteiger partial charge is 0.384 e. The molecule has 2 N–H and O–H groups in total. The summed E-state index contributed by atoms with van der Waals surface area (Å²) in [7, 11) is 0. The fourth-order valence-corrected chi connectivity index (χ4v) is 1.07. The Morgan fingerprint density at radius 2 is 2.09 bits per heavy atom. The van der Waals surface area contributed by atoms with Gasteiger partial charge in [0, 0.05) is 12.1 Å². The fraction of sp³-hybridized carbons (Fsp3) is 0.625. The summed E-state index contributed by atoms with van der Waals surface area (Å²) in [6.07, 6.45) is 1.07. The average Bonchev–Trinajstić information content (AvgIpc) is 2.19. The van der Waals surface area contributed by atoms with Crippen LogP contribution in [0.25, 0.3) is 0 Å². The summed E-state index contributed by atoms with van der Waals surface area (Å²) in [5, 5.41) is 4.29. The van der Waals surface area contributed by atoms with Gasteiger partial charge in [0.15, 0.2) is 0 Å². The average molecular weight is 153 g/mol. The van der Waals surface area contributed by atoms with Gasteiger partial charge < -0.3 is 5.73 Å². The predicted molar refractivity (Wildman–Crippen MR) is 46.4 cm³/mol. The number of anilines is 1.